The van der Waals surface area contributed by atoms with Crippen LogP contribution in [0, 0.1) is 5.41 Å². The van der Waals surface area contributed by atoms with E-state index in [9.17, 15) is 5.11 Å². The van der Waals surface area contributed by atoms with Gasteiger partial charge in [0, 0.05) is 38.8 Å². The van der Waals surface area contributed by atoms with Gasteiger partial charge in [-0.15, -0.1) is 0 Å². The molecule has 0 saturated heterocycles. The van der Waals surface area contributed by atoms with Gasteiger partial charge in [0.1, 0.15) is 0 Å². The zero-order chi connectivity index (χ0) is 17.1. The summed E-state index contributed by atoms with van der Waals surface area (Å²) >= 11 is 0. The topological polar surface area (TPSA) is 59.9 Å². The Morgan fingerprint density at radius 3 is 2.48 bits per heavy atom. The van der Waals surface area contributed by atoms with Gasteiger partial charge in [-0.05, 0) is 52.5 Å². The summed E-state index contributed by atoms with van der Waals surface area (Å²) in [4.78, 5) is 7.16. The number of nitrogens with zero attached hydrogens (tertiary/aromatic N) is 2. The fourth-order valence-corrected chi connectivity index (χ4v) is 3.22. The normalized spacial score (nSPS) is 18.5. The molecule has 0 amide bonds. The summed E-state index contributed by atoms with van der Waals surface area (Å²) in [5, 5.41) is 16.2. The molecule has 0 unspecified atom stereocenters. The SMILES string of the molecule is CCNC(=NCC1(CCO)CCCCC1)NCCN(C)C(C)C. The van der Waals surface area contributed by atoms with E-state index < -0.39 is 0 Å². The molecule has 0 aliphatic heterocycles. The van der Waals surface area contributed by atoms with Crippen LogP contribution in [-0.4, -0.2) is 61.8 Å². The molecule has 5 nitrogen and oxygen atoms in total. The highest BCUT2D eigenvalue weighted by atomic mass is 16.3. The van der Waals surface area contributed by atoms with Crippen molar-refractivity contribution in [2.75, 3.05) is 39.8 Å². The van der Waals surface area contributed by atoms with Crippen molar-refractivity contribution < 1.29 is 5.11 Å². The second-order valence-electron chi connectivity index (χ2n) is 7.23. The third kappa shape index (κ3) is 7.53. The van der Waals surface area contributed by atoms with Crippen LogP contribution in [0.2, 0.25) is 0 Å². The average molecular weight is 327 g/mol. The third-order valence-corrected chi connectivity index (χ3v) is 5.11. The highest BCUT2D eigenvalue weighted by Crippen LogP contribution is 2.39. The van der Waals surface area contributed by atoms with Crippen molar-refractivity contribution in [2.24, 2.45) is 10.4 Å². The summed E-state index contributed by atoms with van der Waals surface area (Å²) < 4.78 is 0. The summed E-state index contributed by atoms with van der Waals surface area (Å²) in [6, 6.07) is 0.561. The Bertz CT molecular complexity index is 332. The van der Waals surface area contributed by atoms with Crippen LogP contribution in [0.3, 0.4) is 0 Å². The summed E-state index contributed by atoms with van der Waals surface area (Å²) in [5.41, 5.74) is 0.212. The van der Waals surface area contributed by atoms with Gasteiger partial charge < -0.3 is 20.6 Å². The van der Waals surface area contributed by atoms with Crippen molar-refractivity contribution in [2.45, 2.75) is 65.3 Å². The van der Waals surface area contributed by atoms with Gasteiger partial charge in [-0.25, -0.2) is 0 Å². The number of guanidine groups is 1. The minimum absolute atomic E-state index is 0.212. The van der Waals surface area contributed by atoms with Crippen LogP contribution < -0.4 is 10.6 Å². The maximum absolute atomic E-state index is 9.42. The smallest absolute Gasteiger partial charge is 0.191 e. The molecule has 1 aliphatic rings. The molecular weight excluding hydrogens is 288 g/mol. The van der Waals surface area contributed by atoms with Crippen molar-refractivity contribution in [1.82, 2.24) is 15.5 Å². The summed E-state index contributed by atoms with van der Waals surface area (Å²) in [6.07, 6.45) is 7.17. The number of aliphatic hydroxyl groups is 1. The molecule has 0 heterocycles. The summed E-state index contributed by atoms with van der Waals surface area (Å²) in [7, 11) is 2.15. The lowest BCUT2D eigenvalue weighted by Crippen LogP contribution is -2.43. The highest BCUT2D eigenvalue weighted by Gasteiger charge is 2.31. The summed E-state index contributed by atoms with van der Waals surface area (Å²) in [6.45, 7) is 10.4. The second kappa shape index (κ2) is 10.9. The molecule has 0 aromatic heterocycles. The van der Waals surface area contributed by atoms with E-state index in [1.165, 1.54) is 32.1 Å². The minimum Gasteiger partial charge on any atom is -0.396 e. The quantitative estimate of drug-likeness (QED) is 0.449. The van der Waals surface area contributed by atoms with Crippen LogP contribution in [0.5, 0.6) is 0 Å². The van der Waals surface area contributed by atoms with E-state index in [2.05, 4.69) is 43.4 Å². The van der Waals surface area contributed by atoms with Crippen molar-refractivity contribution >= 4 is 5.96 Å². The monoisotopic (exact) mass is 326 g/mol. The molecule has 0 spiro atoms. The number of hydrogen-bond donors (Lipinski definition) is 3. The number of nitrogens with one attached hydrogen (secondary N) is 2. The molecule has 0 atom stereocenters. The highest BCUT2D eigenvalue weighted by molar-refractivity contribution is 5.79. The first-order chi connectivity index (χ1) is 11.0. The van der Waals surface area contributed by atoms with E-state index >= 15 is 0 Å². The van der Waals surface area contributed by atoms with Crippen LogP contribution in [0.15, 0.2) is 4.99 Å². The molecule has 0 aromatic carbocycles. The van der Waals surface area contributed by atoms with Gasteiger partial charge in [0.25, 0.3) is 0 Å². The minimum atomic E-state index is 0.212. The Kier molecular flexibility index (Phi) is 9.56. The van der Waals surface area contributed by atoms with E-state index in [0.29, 0.717) is 6.04 Å². The number of rotatable bonds is 9. The number of hydrogen-bond acceptors (Lipinski definition) is 3. The first-order valence-corrected chi connectivity index (χ1v) is 9.36. The van der Waals surface area contributed by atoms with Crippen LogP contribution in [-0.2, 0) is 0 Å². The van der Waals surface area contributed by atoms with E-state index in [4.69, 9.17) is 4.99 Å². The molecule has 0 bridgehead atoms. The molecular formula is C18H38N4O. The zero-order valence-corrected chi connectivity index (χ0v) is 15.7. The lowest BCUT2D eigenvalue weighted by molar-refractivity contribution is 0.137. The third-order valence-electron chi connectivity index (χ3n) is 5.11. The Balaban J connectivity index is 2.54. The van der Waals surface area contributed by atoms with Gasteiger partial charge >= 0.3 is 0 Å². The number of aliphatic hydroxyl groups excluding tert-OH is 1. The Labute approximate surface area is 142 Å². The Morgan fingerprint density at radius 1 is 1.22 bits per heavy atom. The van der Waals surface area contributed by atoms with Crippen LogP contribution in [0.25, 0.3) is 0 Å². The molecule has 0 radical (unpaired) electrons. The van der Waals surface area contributed by atoms with Crippen molar-refractivity contribution in [1.29, 1.82) is 0 Å². The predicted octanol–water partition coefficient (Wildman–Crippen LogP) is 2.21. The molecule has 1 saturated carbocycles. The van der Waals surface area contributed by atoms with Gasteiger partial charge in [-0.1, -0.05) is 19.3 Å². The lowest BCUT2D eigenvalue weighted by Gasteiger charge is -2.35. The Hall–Kier alpha value is -0.810. The molecule has 1 fully saturated rings. The molecule has 1 aliphatic carbocycles. The van der Waals surface area contributed by atoms with Crippen LogP contribution >= 0.6 is 0 Å². The first-order valence-electron chi connectivity index (χ1n) is 9.36. The lowest BCUT2D eigenvalue weighted by atomic mass is 9.72. The Morgan fingerprint density at radius 2 is 1.91 bits per heavy atom. The number of aliphatic imine (C=N–C) groups is 1. The first kappa shape index (κ1) is 20.2. The van der Waals surface area contributed by atoms with Gasteiger partial charge in [-0.3, -0.25) is 4.99 Å². The van der Waals surface area contributed by atoms with E-state index in [1.54, 1.807) is 0 Å². The standard InChI is InChI=1S/C18H38N4O/c1-5-19-17(20-12-13-22(4)16(2)3)21-15-18(11-14-23)9-7-6-8-10-18/h16,23H,5-15H2,1-4H3,(H2,19,20,21). The second-order valence-corrected chi connectivity index (χ2v) is 7.23. The van der Waals surface area contributed by atoms with Crippen molar-refractivity contribution in [3.63, 3.8) is 0 Å². The van der Waals surface area contributed by atoms with Gasteiger partial charge in [-0.2, -0.15) is 0 Å². The van der Waals surface area contributed by atoms with Gasteiger partial charge in [0.05, 0.1) is 0 Å². The van der Waals surface area contributed by atoms with E-state index in [0.717, 1.165) is 38.6 Å². The molecule has 0 aromatic rings. The fraction of sp³-hybridized carbons (Fsp3) is 0.944. The predicted molar refractivity (Wildman–Crippen MR) is 99.0 cm³/mol. The van der Waals surface area contributed by atoms with Gasteiger partial charge in [0.15, 0.2) is 5.96 Å². The summed E-state index contributed by atoms with van der Waals surface area (Å²) in [5.74, 6) is 0.910. The van der Waals surface area contributed by atoms with Crippen LogP contribution in [0.4, 0.5) is 0 Å². The van der Waals surface area contributed by atoms with Crippen LogP contribution in [0.1, 0.15) is 59.3 Å². The van der Waals surface area contributed by atoms with Crippen molar-refractivity contribution in [3.8, 4) is 0 Å². The maximum atomic E-state index is 9.42. The average Bonchev–Trinajstić information content (AvgIpc) is 2.53. The maximum Gasteiger partial charge on any atom is 0.191 e. The molecule has 1 rings (SSSR count). The molecule has 3 N–H and O–H groups in total. The number of likely N-dealkylation sites (N-methyl/N-ethyl adjacent to an activating group) is 1. The zero-order valence-electron chi connectivity index (χ0n) is 15.7. The van der Waals surface area contributed by atoms with Gasteiger partial charge in [0.2, 0.25) is 0 Å². The van der Waals surface area contributed by atoms with E-state index in [1.807, 2.05) is 0 Å². The molecule has 5 heteroatoms. The fourth-order valence-electron chi connectivity index (χ4n) is 3.22. The molecule has 23 heavy (non-hydrogen) atoms. The van der Waals surface area contributed by atoms with Crippen molar-refractivity contribution in [3.05, 3.63) is 0 Å². The molecule has 136 valence electrons. The van der Waals surface area contributed by atoms with E-state index in [-0.39, 0.29) is 12.0 Å². The largest absolute Gasteiger partial charge is 0.396 e.